The molecule has 1 amide bonds. The molecule has 1 saturated heterocycles. The molecule has 0 aliphatic carbocycles. The number of carbonyl (C=O) groups is 1. The number of amides is 1. The minimum absolute atomic E-state index is 0.0729. The molecule has 0 atom stereocenters. The van der Waals surface area contributed by atoms with Crippen LogP contribution in [-0.2, 0) is 17.9 Å². The molecule has 174 valence electrons. The van der Waals surface area contributed by atoms with Crippen LogP contribution in [0.15, 0.2) is 53.9 Å². The third-order valence-electron chi connectivity index (χ3n) is 5.74. The Hall–Kier alpha value is -2.94. The van der Waals surface area contributed by atoms with Gasteiger partial charge >= 0.3 is 0 Å². The fraction of sp³-hybridized carbons (Fsp3) is 0.360. The van der Waals surface area contributed by atoms with Crippen LogP contribution in [0.5, 0.6) is 11.5 Å². The monoisotopic (exact) mass is 466 g/mol. The van der Waals surface area contributed by atoms with Crippen molar-refractivity contribution < 1.29 is 14.3 Å². The SMILES string of the molecule is COc1cccc(-c2nc(CN3CCN(CC(=O)NCc4ccccc4)CC3)cs2)c1OC. The topological polar surface area (TPSA) is 66.9 Å². The summed E-state index contributed by atoms with van der Waals surface area (Å²) in [7, 11) is 3.29. The Bertz CT molecular complexity index is 1050. The third-order valence-corrected chi connectivity index (χ3v) is 6.66. The number of benzene rings is 2. The number of thiazole rings is 1. The minimum Gasteiger partial charge on any atom is -0.493 e. The number of ether oxygens (including phenoxy) is 2. The van der Waals surface area contributed by atoms with Crippen LogP contribution in [0, 0.1) is 0 Å². The number of piperazine rings is 1. The quantitative estimate of drug-likeness (QED) is 0.522. The molecule has 3 aromatic rings. The van der Waals surface area contributed by atoms with E-state index in [4.69, 9.17) is 14.5 Å². The van der Waals surface area contributed by atoms with Gasteiger partial charge in [0.25, 0.3) is 0 Å². The predicted molar refractivity (Wildman–Crippen MR) is 131 cm³/mol. The summed E-state index contributed by atoms with van der Waals surface area (Å²) in [6.07, 6.45) is 0. The predicted octanol–water partition coefficient (Wildman–Crippen LogP) is 3.26. The molecule has 1 aromatic heterocycles. The lowest BCUT2D eigenvalue weighted by Crippen LogP contribution is -2.49. The number of carbonyl (C=O) groups excluding carboxylic acids is 1. The lowest BCUT2D eigenvalue weighted by atomic mass is 10.2. The van der Waals surface area contributed by atoms with Crippen molar-refractivity contribution in [2.24, 2.45) is 0 Å². The molecule has 1 aliphatic heterocycles. The van der Waals surface area contributed by atoms with E-state index in [-0.39, 0.29) is 5.91 Å². The second-order valence-corrected chi connectivity index (χ2v) is 8.86. The molecule has 33 heavy (non-hydrogen) atoms. The van der Waals surface area contributed by atoms with Crippen molar-refractivity contribution in [3.8, 4) is 22.1 Å². The van der Waals surface area contributed by atoms with Crippen molar-refractivity contribution in [2.75, 3.05) is 46.9 Å². The molecule has 0 bridgehead atoms. The second-order valence-electron chi connectivity index (χ2n) is 8.00. The first kappa shape index (κ1) is 23.2. The van der Waals surface area contributed by atoms with E-state index < -0.39 is 0 Å². The van der Waals surface area contributed by atoms with Crippen molar-refractivity contribution in [3.05, 3.63) is 65.2 Å². The smallest absolute Gasteiger partial charge is 0.234 e. The van der Waals surface area contributed by atoms with Crippen LogP contribution in [0.3, 0.4) is 0 Å². The molecule has 7 nitrogen and oxygen atoms in total. The standard InChI is InChI=1S/C25H30N4O3S/c1-31-22-10-6-9-21(24(22)32-2)25-27-20(18-33-25)16-28-11-13-29(14-12-28)17-23(30)26-15-19-7-4-3-5-8-19/h3-10,18H,11-17H2,1-2H3,(H,26,30). The van der Waals surface area contributed by atoms with Crippen LogP contribution >= 0.6 is 11.3 Å². The summed E-state index contributed by atoms with van der Waals surface area (Å²) < 4.78 is 11.0. The zero-order valence-corrected chi connectivity index (χ0v) is 19.9. The van der Waals surface area contributed by atoms with Gasteiger partial charge in [-0.1, -0.05) is 36.4 Å². The molecule has 4 rings (SSSR count). The number of rotatable bonds is 9. The van der Waals surface area contributed by atoms with Gasteiger partial charge in [-0.25, -0.2) is 4.98 Å². The van der Waals surface area contributed by atoms with Gasteiger partial charge in [0, 0.05) is 44.6 Å². The average molecular weight is 467 g/mol. The van der Waals surface area contributed by atoms with Crippen molar-refractivity contribution in [3.63, 3.8) is 0 Å². The largest absolute Gasteiger partial charge is 0.493 e. The number of hydrogen-bond donors (Lipinski definition) is 1. The van der Waals surface area contributed by atoms with E-state index in [9.17, 15) is 4.79 Å². The van der Waals surface area contributed by atoms with Crippen LogP contribution in [0.2, 0.25) is 0 Å². The van der Waals surface area contributed by atoms with E-state index in [0.29, 0.717) is 24.6 Å². The minimum atomic E-state index is 0.0729. The van der Waals surface area contributed by atoms with Gasteiger partial charge in [-0.15, -0.1) is 11.3 Å². The van der Waals surface area contributed by atoms with E-state index in [0.717, 1.165) is 54.6 Å². The number of nitrogens with zero attached hydrogens (tertiary/aromatic N) is 3. The van der Waals surface area contributed by atoms with Crippen LogP contribution in [0.25, 0.3) is 10.6 Å². The van der Waals surface area contributed by atoms with Crippen LogP contribution in [0.1, 0.15) is 11.3 Å². The lowest BCUT2D eigenvalue weighted by molar-refractivity contribution is -0.122. The van der Waals surface area contributed by atoms with Gasteiger partial charge in [0.2, 0.25) is 5.91 Å². The van der Waals surface area contributed by atoms with Gasteiger partial charge in [-0.05, 0) is 17.7 Å². The van der Waals surface area contributed by atoms with E-state index in [2.05, 4.69) is 20.5 Å². The lowest BCUT2D eigenvalue weighted by Gasteiger charge is -2.33. The Balaban J connectivity index is 1.25. The zero-order valence-electron chi connectivity index (χ0n) is 19.1. The molecule has 2 aromatic carbocycles. The molecule has 0 spiro atoms. The van der Waals surface area contributed by atoms with Crippen molar-refractivity contribution in [1.82, 2.24) is 20.1 Å². The third kappa shape index (κ3) is 6.10. The Morgan fingerprint density at radius 2 is 1.76 bits per heavy atom. The molecular formula is C25H30N4O3S. The fourth-order valence-corrected chi connectivity index (χ4v) is 4.78. The fourth-order valence-electron chi connectivity index (χ4n) is 3.95. The van der Waals surface area contributed by atoms with Gasteiger partial charge in [-0.2, -0.15) is 0 Å². The normalized spacial score (nSPS) is 14.7. The maximum Gasteiger partial charge on any atom is 0.234 e. The first-order valence-electron chi connectivity index (χ1n) is 11.1. The zero-order chi connectivity index (χ0) is 23.0. The summed E-state index contributed by atoms with van der Waals surface area (Å²) in [5, 5.41) is 6.05. The molecule has 0 unspecified atom stereocenters. The molecular weight excluding hydrogens is 436 g/mol. The summed E-state index contributed by atoms with van der Waals surface area (Å²) >= 11 is 1.62. The second kappa shape index (κ2) is 11.3. The van der Waals surface area contributed by atoms with Gasteiger partial charge in [0.05, 0.1) is 32.0 Å². The van der Waals surface area contributed by atoms with Gasteiger partial charge in [-0.3, -0.25) is 14.6 Å². The Kier molecular flexibility index (Phi) is 7.93. The van der Waals surface area contributed by atoms with Crippen LogP contribution < -0.4 is 14.8 Å². The number of nitrogens with one attached hydrogen (secondary N) is 1. The first-order chi connectivity index (χ1) is 16.2. The summed E-state index contributed by atoms with van der Waals surface area (Å²) in [5.41, 5.74) is 3.11. The van der Waals surface area contributed by atoms with Crippen molar-refractivity contribution in [1.29, 1.82) is 0 Å². The summed E-state index contributed by atoms with van der Waals surface area (Å²) in [5.74, 6) is 1.49. The highest BCUT2D eigenvalue weighted by Crippen LogP contribution is 2.39. The Morgan fingerprint density at radius 1 is 1.00 bits per heavy atom. The van der Waals surface area contributed by atoms with Crippen LogP contribution in [0.4, 0.5) is 0 Å². The summed E-state index contributed by atoms with van der Waals surface area (Å²) in [6, 6.07) is 15.8. The summed E-state index contributed by atoms with van der Waals surface area (Å²) in [4.78, 5) is 21.7. The van der Waals surface area contributed by atoms with E-state index >= 15 is 0 Å². The molecule has 1 N–H and O–H groups in total. The van der Waals surface area contributed by atoms with E-state index in [1.165, 1.54) is 0 Å². The number of hydrogen-bond acceptors (Lipinski definition) is 7. The molecule has 0 saturated carbocycles. The highest BCUT2D eigenvalue weighted by Gasteiger charge is 2.20. The molecule has 2 heterocycles. The van der Waals surface area contributed by atoms with Gasteiger partial charge in [0.15, 0.2) is 11.5 Å². The average Bonchev–Trinajstić information content (AvgIpc) is 3.32. The van der Waals surface area contributed by atoms with Gasteiger partial charge in [0.1, 0.15) is 5.01 Å². The molecule has 0 radical (unpaired) electrons. The highest BCUT2D eigenvalue weighted by atomic mass is 32.1. The van der Waals surface area contributed by atoms with Crippen molar-refractivity contribution >= 4 is 17.2 Å². The highest BCUT2D eigenvalue weighted by molar-refractivity contribution is 7.13. The van der Waals surface area contributed by atoms with Gasteiger partial charge < -0.3 is 14.8 Å². The molecule has 1 aliphatic rings. The Morgan fingerprint density at radius 3 is 2.48 bits per heavy atom. The number of para-hydroxylation sites is 1. The maximum atomic E-state index is 12.3. The molecule has 8 heteroatoms. The summed E-state index contributed by atoms with van der Waals surface area (Å²) in [6.45, 7) is 5.40. The van der Waals surface area contributed by atoms with E-state index in [1.807, 2.05) is 48.5 Å². The molecule has 1 fully saturated rings. The number of methoxy groups -OCH3 is 2. The maximum absolute atomic E-state index is 12.3. The van der Waals surface area contributed by atoms with Crippen LogP contribution in [-0.4, -0.2) is 67.6 Å². The van der Waals surface area contributed by atoms with E-state index in [1.54, 1.807) is 25.6 Å². The van der Waals surface area contributed by atoms with Crippen molar-refractivity contribution in [2.45, 2.75) is 13.1 Å². The Labute approximate surface area is 199 Å². The first-order valence-corrected chi connectivity index (χ1v) is 12.0. The number of aromatic nitrogens is 1.